The topological polar surface area (TPSA) is 61.8 Å². The van der Waals surface area contributed by atoms with E-state index in [4.69, 9.17) is 0 Å². The molecule has 0 unspecified atom stereocenters. The second-order valence-corrected chi connectivity index (χ2v) is 6.57. The number of nitrogens with one attached hydrogen (secondary N) is 1. The third kappa shape index (κ3) is 7.22. The molecule has 0 aromatic carbocycles. The van der Waals surface area contributed by atoms with Gasteiger partial charge in [0, 0.05) is 32.2 Å². The Bertz CT molecular complexity index is 265. The van der Waals surface area contributed by atoms with Gasteiger partial charge in [-0.3, -0.25) is 9.69 Å². The molecule has 0 bridgehead atoms. The largest absolute Gasteiger partial charge is 0.462 e. The lowest BCUT2D eigenvalue weighted by Gasteiger charge is -2.38. The maximum atomic E-state index is 9.60. The van der Waals surface area contributed by atoms with E-state index in [0.29, 0.717) is 6.47 Å². The summed E-state index contributed by atoms with van der Waals surface area (Å²) in [5.41, 5.74) is -0.318. The Morgan fingerprint density at radius 2 is 1.70 bits per heavy atom. The maximum Gasteiger partial charge on any atom is 0.293 e. The van der Waals surface area contributed by atoms with Crippen molar-refractivity contribution in [3.05, 3.63) is 0 Å². The fraction of sp³-hybridized carbons (Fsp3) is 0.933. The first-order valence-electron chi connectivity index (χ1n) is 7.66. The second kappa shape index (κ2) is 8.60. The summed E-state index contributed by atoms with van der Waals surface area (Å²) < 4.78 is 4.55. The van der Waals surface area contributed by atoms with Gasteiger partial charge in [0.1, 0.15) is 5.60 Å². The van der Waals surface area contributed by atoms with Crippen LogP contribution in [0.15, 0.2) is 0 Å². The standard InChI is InChI=1S/C10H20N2O.C5H10O2/c13-10-3-1-9(2-4-10)12-7-5-11-6-8-12;1-5(2,3)7-4-6/h9-11,13H,1-8H2;4H,1-3H3. The molecule has 0 spiro atoms. The summed E-state index contributed by atoms with van der Waals surface area (Å²) in [5, 5.41) is 12.8. The summed E-state index contributed by atoms with van der Waals surface area (Å²) in [6.45, 7) is 10.6. The number of nitrogens with zero attached hydrogens (tertiary/aromatic N) is 1. The van der Waals surface area contributed by atoms with Crippen LogP contribution in [0.4, 0.5) is 0 Å². The Labute approximate surface area is 122 Å². The third-order valence-electron chi connectivity index (χ3n) is 3.74. The Kier molecular flexibility index (Phi) is 7.48. The van der Waals surface area contributed by atoms with Crippen LogP contribution in [0.25, 0.3) is 0 Å². The molecule has 5 nitrogen and oxygen atoms in total. The van der Waals surface area contributed by atoms with Gasteiger partial charge in [-0.25, -0.2) is 0 Å². The molecule has 0 aromatic rings. The molecule has 5 heteroatoms. The lowest BCUT2D eigenvalue weighted by atomic mass is 9.92. The zero-order chi connectivity index (χ0) is 15.0. The molecule has 118 valence electrons. The van der Waals surface area contributed by atoms with E-state index in [2.05, 4.69) is 15.0 Å². The first-order chi connectivity index (χ1) is 9.42. The fourth-order valence-corrected chi connectivity index (χ4v) is 2.61. The zero-order valence-corrected chi connectivity index (χ0v) is 13.1. The van der Waals surface area contributed by atoms with Gasteiger partial charge < -0.3 is 15.2 Å². The molecular weight excluding hydrogens is 256 g/mol. The number of rotatable bonds is 2. The summed E-state index contributed by atoms with van der Waals surface area (Å²) >= 11 is 0. The Morgan fingerprint density at radius 3 is 2.10 bits per heavy atom. The molecule has 1 aliphatic carbocycles. The molecule has 2 aliphatic rings. The van der Waals surface area contributed by atoms with Crippen LogP contribution in [0.5, 0.6) is 0 Å². The van der Waals surface area contributed by atoms with Crippen LogP contribution in [0, 0.1) is 0 Å². The van der Waals surface area contributed by atoms with Gasteiger partial charge in [0.2, 0.25) is 0 Å². The van der Waals surface area contributed by atoms with Crippen LogP contribution < -0.4 is 5.32 Å². The van der Waals surface area contributed by atoms with Crippen molar-refractivity contribution >= 4 is 6.47 Å². The molecule has 0 amide bonds. The van der Waals surface area contributed by atoms with Crippen LogP contribution in [0.2, 0.25) is 0 Å². The van der Waals surface area contributed by atoms with E-state index in [0.717, 1.165) is 32.0 Å². The molecule has 2 fully saturated rings. The molecule has 1 saturated heterocycles. The molecule has 1 heterocycles. The highest BCUT2D eigenvalue weighted by Crippen LogP contribution is 2.23. The highest BCUT2D eigenvalue weighted by molar-refractivity contribution is 5.37. The summed E-state index contributed by atoms with van der Waals surface area (Å²) in [5.74, 6) is 0. The summed E-state index contributed by atoms with van der Waals surface area (Å²) in [7, 11) is 0. The van der Waals surface area contributed by atoms with Crippen molar-refractivity contribution < 1.29 is 14.6 Å². The van der Waals surface area contributed by atoms with E-state index >= 15 is 0 Å². The van der Waals surface area contributed by atoms with Crippen molar-refractivity contribution in [1.82, 2.24) is 10.2 Å². The molecule has 1 aliphatic heterocycles. The molecule has 0 aromatic heterocycles. The maximum absolute atomic E-state index is 9.60. The number of aliphatic hydroxyl groups is 1. The smallest absolute Gasteiger partial charge is 0.293 e. The number of piperazine rings is 1. The number of hydrogen-bond acceptors (Lipinski definition) is 5. The molecule has 0 atom stereocenters. The van der Waals surface area contributed by atoms with Gasteiger partial charge in [-0.15, -0.1) is 0 Å². The average molecular weight is 286 g/mol. The Balaban J connectivity index is 0.000000246. The summed E-state index contributed by atoms with van der Waals surface area (Å²) in [6, 6.07) is 0.755. The fourth-order valence-electron chi connectivity index (χ4n) is 2.61. The summed E-state index contributed by atoms with van der Waals surface area (Å²) in [4.78, 5) is 12.2. The molecule has 2 rings (SSSR count). The van der Waals surface area contributed by atoms with Gasteiger partial charge in [-0.1, -0.05) is 0 Å². The molecule has 2 N–H and O–H groups in total. The monoisotopic (exact) mass is 286 g/mol. The number of aliphatic hydroxyl groups excluding tert-OH is 1. The number of ether oxygens (including phenoxy) is 1. The highest BCUT2D eigenvalue weighted by atomic mass is 16.5. The highest BCUT2D eigenvalue weighted by Gasteiger charge is 2.25. The van der Waals surface area contributed by atoms with Gasteiger partial charge in [-0.2, -0.15) is 0 Å². The first kappa shape index (κ1) is 17.4. The van der Waals surface area contributed by atoms with Gasteiger partial charge >= 0.3 is 0 Å². The quantitative estimate of drug-likeness (QED) is 0.746. The van der Waals surface area contributed by atoms with Crippen molar-refractivity contribution in [2.75, 3.05) is 26.2 Å². The predicted octanol–water partition coefficient (Wildman–Crippen LogP) is 1.15. The van der Waals surface area contributed by atoms with Crippen molar-refractivity contribution in [3.8, 4) is 0 Å². The van der Waals surface area contributed by atoms with E-state index in [-0.39, 0.29) is 11.7 Å². The number of carbonyl (C=O) groups is 1. The third-order valence-corrected chi connectivity index (χ3v) is 3.74. The summed E-state index contributed by atoms with van der Waals surface area (Å²) in [6.07, 6.45) is 4.39. The van der Waals surface area contributed by atoms with Crippen molar-refractivity contribution in [2.45, 2.75) is 64.2 Å². The van der Waals surface area contributed by atoms with Crippen LogP contribution in [-0.2, 0) is 9.53 Å². The van der Waals surface area contributed by atoms with Gasteiger partial charge in [0.25, 0.3) is 6.47 Å². The minimum absolute atomic E-state index is 0.0147. The van der Waals surface area contributed by atoms with Crippen molar-refractivity contribution in [2.24, 2.45) is 0 Å². The Hall–Kier alpha value is -0.650. The number of hydrogen-bond donors (Lipinski definition) is 2. The van der Waals surface area contributed by atoms with Gasteiger partial charge in [0.15, 0.2) is 0 Å². The SMILES string of the molecule is CC(C)(C)OC=O.OC1CCC(N2CCNCC2)CC1. The number of carbonyl (C=O) groups excluding carboxylic acids is 1. The minimum atomic E-state index is -0.318. The van der Waals surface area contributed by atoms with Gasteiger partial charge in [0.05, 0.1) is 6.10 Å². The minimum Gasteiger partial charge on any atom is -0.462 e. The molecular formula is C15H30N2O3. The molecule has 0 radical (unpaired) electrons. The van der Waals surface area contributed by atoms with Crippen LogP contribution in [-0.4, -0.2) is 60.4 Å². The molecule has 20 heavy (non-hydrogen) atoms. The van der Waals surface area contributed by atoms with Crippen LogP contribution >= 0.6 is 0 Å². The normalized spacial score (nSPS) is 28.2. The van der Waals surface area contributed by atoms with Crippen LogP contribution in [0.1, 0.15) is 46.5 Å². The van der Waals surface area contributed by atoms with E-state index in [1.54, 1.807) is 0 Å². The lowest BCUT2D eigenvalue weighted by Crippen LogP contribution is -2.49. The lowest BCUT2D eigenvalue weighted by molar-refractivity contribution is -0.138. The van der Waals surface area contributed by atoms with E-state index in [9.17, 15) is 9.90 Å². The van der Waals surface area contributed by atoms with Crippen molar-refractivity contribution in [3.63, 3.8) is 0 Å². The average Bonchev–Trinajstić information content (AvgIpc) is 2.40. The van der Waals surface area contributed by atoms with Crippen LogP contribution in [0.3, 0.4) is 0 Å². The van der Waals surface area contributed by atoms with Gasteiger partial charge in [-0.05, 0) is 46.5 Å². The van der Waals surface area contributed by atoms with E-state index < -0.39 is 0 Å². The first-order valence-corrected chi connectivity index (χ1v) is 7.66. The Morgan fingerprint density at radius 1 is 1.15 bits per heavy atom. The zero-order valence-electron chi connectivity index (χ0n) is 13.1. The van der Waals surface area contributed by atoms with E-state index in [1.807, 2.05) is 20.8 Å². The van der Waals surface area contributed by atoms with E-state index in [1.165, 1.54) is 25.9 Å². The van der Waals surface area contributed by atoms with Crippen molar-refractivity contribution in [1.29, 1.82) is 0 Å². The predicted molar refractivity (Wildman–Crippen MR) is 79.6 cm³/mol. The second-order valence-electron chi connectivity index (χ2n) is 6.57. The molecule has 1 saturated carbocycles.